The van der Waals surface area contributed by atoms with Crippen molar-refractivity contribution in [1.82, 2.24) is 19.7 Å². The summed E-state index contributed by atoms with van der Waals surface area (Å²) < 4.78 is 7.84. The fourth-order valence-corrected chi connectivity index (χ4v) is 4.49. The van der Waals surface area contributed by atoms with Crippen molar-refractivity contribution < 1.29 is 4.74 Å². The van der Waals surface area contributed by atoms with Gasteiger partial charge in [0.25, 0.3) is 0 Å². The molecule has 0 N–H and O–H groups in total. The predicted molar refractivity (Wildman–Crippen MR) is 114 cm³/mol. The van der Waals surface area contributed by atoms with Crippen LogP contribution in [0.25, 0.3) is 11.0 Å². The quantitative estimate of drug-likeness (QED) is 0.648. The number of nitrogens with zero attached hydrogens (tertiary/aromatic N) is 5. The summed E-state index contributed by atoms with van der Waals surface area (Å²) in [4.78, 5) is 9.92. The molecule has 6 nitrogen and oxygen atoms in total. The van der Waals surface area contributed by atoms with Gasteiger partial charge in [0.15, 0.2) is 5.65 Å². The first-order valence-corrected chi connectivity index (χ1v) is 11.2. The summed E-state index contributed by atoms with van der Waals surface area (Å²) in [6, 6.07) is 4.34. The van der Waals surface area contributed by atoms with Gasteiger partial charge in [-0.15, -0.1) is 0 Å². The van der Waals surface area contributed by atoms with Gasteiger partial charge in [-0.2, -0.15) is 5.10 Å². The molecule has 0 unspecified atom stereocenters. The molecule has 2 fully saturated rings. The predicted octanol–water partition coefficient (Wildman–Crippen LogP) is 3.74. The molecule has 4 rings (SSSR count). The molecule has 0 spiro atoms. The lowest BCUT2D eigenvalue weighted by atomic mass is 10.2. The van der Waals surface area contributed by atoms with Crippen molar-refractivity contribution >= 4 is 16.9 Å². The molecule has 28 heavy (non-hydrogen) atoms. The van der Waals surface area contributed by atoms with Crippen LogP contribution < -0.4 is 4.90 Å². The molecule has 2 aromatic rings. The molecule has 0 bridgehead atoms. The highest BCUT2D eigenvalue weighted by Gasteiger charge is 2.15. The van der Waals surface area contributed by atoms with Gasteiger partial charge in [-0.05, 0) is 70.3 Å². The van der Waals surface area contributed by atoms with Crippen LogP contribution >= 0.6 is 0 Å². The van der Waals surface area contributed by atoms with Gasteiger partial charge in [-0.1, -0.05) is 12.8 Å². The van der Waals surface area contributed by atoms with Gasteiger partial charge in [0.2, 0.25) is 0 Å². The summed E-state index contributed by atoms with van der Waals surface area (Å²) in [6.45, 7) is 7.41. The van der Waals surface area contributed by atoms with Crippen molar-refractivity contribution in [2.24, 2.45) is 7.05 Å². The maximum absolute atomic E-state index is 5.94. The van der Waals surface area contributed by atoms with Crippen molar-refractivity contribution in [3.8, 4) is 0 Å². The lowest BCUT2D eigenvalue weighted by Crippen LogP contribution is -2.24. The molecule has 2 saturated heterocycles. The molecule has 0 aliphatic carbocycles. The van der Waals surface area contributed by atoms with Crippen LogP contribution in [0.15, 0.2) is 12.1 Å². The van der Waals surface area contributed by atoms with Crippen LogP contribution in [0, 0.1) is 0 Å². The molecule has 154 valence electrons. The zero-order chi connectivity index (χ0) is 19.2. The topological polar surface area (TPSA) is 46.4 Å². The second-order valence-corrected chi connectivity index (χ2v) is 8.32. The van der Waals surface area contributed by atoms with E-state index in [4.69, 9.17) is 9.72 Å². The molecule has 0 saturated carbocycles. The highest BCUT2D eigenvalue weighted by molar-refractivity contribution is 5.80. The minimum absolute atomic E-state index is 0.575. The molecule has 6 heteroatoms. The normalized spacial score (nSPS) is 18.8. The van der Waals surface area contributed by atoms with Crippen LogP contribution in [0.2, 0.25) is 0 Å². The smallest absolute Gasteiger partial charge is 0.160 e. The summed E-state index contributed by atoms with van der Waals surface area (Å²) >= 11 is 0. The van der Waals surface area contributed by atoms with Crippen molar-refractivity contribution in [3.05, 3.63) is 17.8 Å². The number of aryl methyl sites for hydroxylation is 1. The van der Waals surface area contributed by atoms with E-state index in [0.717, 1.165) is 48.7 Å². The van der Waals surface area contributed by atoms with E-state index in [1.807, 2.05) is 11.7 Å². The summed E-state index contributed by atoms with van der Waals surface area (Å²) in [5.41, 5.74) is 1.97. The van der Waals surface area contributed by atoms with Crippen molar-refractivity contribution in [1.29, 1.82) is 0 Å². The van der Waals surface area contributed by atoms with Crippen LogP contribution in [0.5, 0.6) is 0 Å². The maximum Gasteiger partial charge on any atom is 0.160 e. The summed E-state index contributed by atoms with van der Waals surface area (Å²) in [6.07, 6.45) is 10.3. The van der Waals surface area contributed by atoms with Crippen LogP contribution in [0.4, 0.5) is 5.82 Å². The number of pyridine rings is 1. The Hall–Kier alpha value is -1.66. The Labute approximate surface area is 168 Å². The third kappa shape index (κ3) is 4.84. The molecular weight excluding hydrogens is 350 g/mol. The standard InChI is InChI=1S/C22H35N5O/c1-25-22-19(10-11-21(23-22)27-15-4-2-3-5-16-27)20(24-25)18-28-17-9-8-14-26-12-6-7-13-26/h10-11H,2-9,12-18H2,1H3. The number of hydrogen-bond donors (Lipinski definition) is 0. The number of aromatic nitrogens is 3. The molecule has 0 aromatic carbocycles. The summed E-state index contributed by atoms with van der Waals surface area (Å²) in [5.74, 6) is 1.09. The molecule has 2 aliphatic rings. The average Bonchev–Trinajstić information content (AvgIpc) is 3.23. The fraction of sp³-hybridized carbons (Fsp3) is 0.727. The van der Waals surface area contributed by atoms with E-state index in [1.54, 1.807) is 0 Å². The number of rotatable bonds is 8. The lowest BCUT2D eigenvalue weighted by Gasteiger charge is -2.21. The first kappa shape index (κ1) is 19.6. The SMILES string of the molecule is Cn1nc(COCCCCN2CCCC2)c2ccc(N3CCCCCC3)nc21. The first-order chi connectivity index (χ1) is 13.8. The summed E-state index contributed by atoms with van der Waals surface area (Å²) in [5, 5.41) is 5.80. The Kier molecular flexibility index (Phi) is 6.81. The molecule has 2 aromatic heterocycles. The van der Waals surface area contributed by atoms with Crippen LogP contribution in [-0.4, -0.2) is 59.0 Å². The van der Waals surface area contributed by atoms with Gasteiger partial charge >= 0.3 is 0 Å². The second-order valence-electron chi connectivity index (χ2n) is 8.32. The zero-order valence-electron chi connectivity index (χ0n) is 17.4. The Morgan fingerprint density at radius 1 is 0.929 bits per heavy atom. The fourth-order valence-electron chi connectivity index (χ4n) is 4.49. The Morgan fingerprint density at radius 2 is 1.68 bits per heavy atom. The van der Waals surface area contributed by atoms with Gasteiger partial charge in [0.1, 0.15) is 5.82 Å². The molecule has 0 atom stereocenters. The number of anilines is 1. The van der Waals surface area contributed by atoms with Gasteiger partial charge in [-0.25, -0.2) is 4.98 Å². The minimum atomic E-state index is 0.575. The third-order valence-corrected chi connectivity index (χ3v) is 6.13. The maximum atomic E-state index is 5.94. The number of likely N-dealkylation sites (tertiary alicyclic amines) is 1. The van der Waals surface area contributed by atoms with E-state index < -0.39 is 0 Å². The Bertz CT molecular complexity index is 745. The van der Waals surface area contributed by atoms with Crippen molar-refractivity contribution in [2.75, 3.05) is 44.2 Å². The minimum Gasteiger partial charge on any atom is -0.375 e. The van der Waals surface area contributed by atoms with Crippen LogP contribution in [0.1, 0.15) is 57.1 Å². The van der Waals surface area contributed by atoms with Crippen molar-refractivity contribution in [3.63, 3.8) is 0 Å². The van der Waals surface area contributed by atoms with Crippen LogP contribution in [-0.2, 0) is 18.4 Å². The van der Waals surface area contributed by atoms with E-state index in [1.165, 1.54) is 64.6 Å². The second kappa shape index (κ2) is 9.70. The molecular formula is C22H35N5O. The van der Waals surface area contributed by atoms with E-state index in [9.17, 15) is 0 Å². The number of unbranched alkanes of at least 4 members (excludes halogenated alkanes) is 1. The Morgan fingerprint density at radius 3 is 2.46 bits per heavy atom. The van der Waals surface area contributed by atoms with E-state index in [-0.39, 0.29) is 0 Å². The summed E-state index contributed by atoms with van der Waals surface area (Å²) in [7, 11) is 1.99. The third-order valence-electron chi connectivity index (χ3n) is 6.13. The van der Waals surface area contributed by atoms with Gasteiger partial charge in [-0.3, -0.25) is 4.68 Å². The monoisotopic (exact) mass is 385 g/mol. The van der Waals surface area contributed by atoms with Crippen LogP contribution in [0.3, 0.4) is 0 Å². The highest BCUT2D eigenvalue weighted by Crippen LogP contribution is 2.23. The molecule has 4 heterocycles. The molecule has 0 radical (unpaired) electrons. The first-order valence-electron chi connectivity index (χ1n) is 11.2. The number of fused-ring (bicyclic) bond motifs is 1. The van der Waals surface area contributed by atoms with E-state index >= 15 is 0 Å². The van der Waals surface area contributed by atoms with E-state index in [0.29, 0.717) is 6.61 Å². The number of hydrogen-bond acceptors (Lipinski definition) is 5. The lowest BCUT2D eigenvalue weighted by molar-refractivity contribution is 0.113. The average molecular weight is 386 g/mol. The number of ether oxygens (including phenoxy) is 1. The Balaban J connectivity index is 1.30. The van der Waals surface area contributed by atoms with Gasteiger partial charge in [0.05, 0.1) is 12.3 Å². The zero-order valence-corrected chi connectivity index (χ0v) is 17.4. The van der Waals surface area contributed by atoms with E-state index in [2.05, 4.69) is 27.0 Å². The molecule has 0 amide bonds. The van der Waals surface area contributed by atoms with Gasteiger partial charge in [0, 0.05) is 32.1 Å². The molecule has 2 aliphatic heterocycles. The van der Waals surface area contributed by atoms with Gasteiger partial charge < -0.3 is 14.5 Å². The largest absolute Gasteiger partial charge is 0.375 e. The van der Waals surface area contributed by atoms with Crippen molar-refractivity contribution in [2.45, 2.75) is 58.0 Å². The highest BCUT2D eigenvalue weighted by atomic mass is 16.5.